The van der Waals surface area contributed by atoms with Gasteiger partial charge in [0.15, 0.2) is 0 Å². The first-order valence-electron chi connectivity index (χ1n) is 8.46. The van der Waals surface area contributed by atoms with Gasteiger partial charge in [-0.25, -0.2) is 0 Å². The van der Waals surface area contributed by atoms with Crippen molar-refractivity contribution in [3.8, 4) is 0 Å². The molecule has 2 atom stereocenters. The quantitative estimate of drug-likeness (QED) is 0.642. The number of benzene rings is 2. The minimum atomic E-state index is -0.0897. The number of hydrogen-bond donors (Lipinski definition) is 0. The number of rotatable bonds is 8. The fourth-order valence-electron chi connectivity index (χ4n) is 2.94. The number of carbonyl (C=O) groups is 1. The van der Waals surface area contributed by atoms with E-state index in [9.17, 15) is 4.79 Å². The Morgan fingerprint density at radius 3 is 2.22 bits per heavy atom. The van der Waals surface area contributed by atoms with Gasteiger partial charge in [-0.2, -0.15) is 0 Å². The van der Waals surface area contributed by atoms with Crippen molar-refractivity contribution in [3.63, 3.8) is 0 Å². The van der Waals surface area contributed by atoms with Crippen LogP contribution in [-0.4, -0.2) is 12.6 Å². The van der Waals surface area contributed by atoms with Crippen LogP contribution in [0.2, 0.25) is 0 Å². The van der Waals surface area contributed by atoms with Crippen molar-refractivity contribution >= 4 is 5.97 Å². The molecule has 0 saturated carbocycles. The predicted molar refractivity (Wildman–Crippen MR) is 94.4 cm³/mol. The molecule has 0 saturated heterocycles. The van der Waals surface area contributed by atoms with Gasteiger partial charge in [0.2, 0.25) is 0 Å². The Bertz CT molecular complexity index is 577. The van der Waals surface area contributed by atoms with Crippen LogP contribution >= 0.6 is 0 Å². The number of esters is 1. The van der Waals surface area contributed by atoms with Gasteiger partial charge in [-0.05, 0) is 43.2 Å². The highest BCUT2D eigenvalue weighted by Crippen LogP contribution is 2.29. The first kappa shape index (κ1) is 17.3. The molecule has 2 aromatic rings. The van der Waals surface area contributed by atoms with Gasteiger partial charge < -0.3 is 4.74 Å². The summed E-state index contributed by atoms with van der Waals surface area (Å²) in [4.78, 5) is 12.0. The Hall–Kier alpha value is -2.09. The maximum atomic E-state index is 12.0. The number of hydrogen-bond acceptors (Lipinski definition) is 2. The van der Waals surface area contributed by atoms with Crippen molar-refractivity contribution in [1.29, 1.82) is 0 Å². The van der Waals surface area contributed by atoms with E-state index in [1.54, 1.807) is 0 Å². The highest BCUT2D eigenvalue weighted by Gasteiger charge is 2.21. The van der Waals surface area contributed by atoms with Crippen molar-refractivity contribution in [3.05, 3.63) is 71.8 Å². The molecular formula is C21H26O2. The molecule has 0 aliphatic heterocycles. The van der Waals surface area contributed by atoms with E-state index in [2.05, 4.69) is 48.5 Å². The minimum Gasteiger partial charge on any atom is -0.466 e. The molecule has 2 aromatic carbocycles. The van der Waals surface area contributed by atoms with E-state index in [0.717, 1.165) is 19.3 Å². The zero-order chi connectivity index (χ0) is 16.5. The van der Waals surface area contributed by atoms with E-state index >= 15 is 0 Å². The third-order valence-electron chi connectivity index (χ3n) is 4.22. The summed E-state index contributed by atoms with van der Waals surface area (Å²) in [5.74, 6) is 0.208. The number of carbonyl (C=O) groups excluding carboxylic acids is 1. The third-order valence-corrected chi connectivity index (χ3v) is 4.22. The molecule has 0 radical (unpaired) electrons. The van der Waals surface area contributed by atoms with Crippen LogP contribution in [0.4, 0.5) is 0 Å². The average molecular weight is 310 g/mol. The molecule has 0 N–H and O–H groups in total. The molecule has 0 bridgehead atoms. The summed E-state index contributed by atoms with van der Waals surface area (Å²) in [5.41, 5.74) is 2.65. The molecule has 0 fully saturated rings. The van der Waals surface area contributed by atoms with Gasteiger partial charge in [0.25, 0.3) is 0 Å². The van der Waals surface area contributed by atoms with Gasteiger partial charge >= 0.3 is 5.97 Å². The molecule has 2 unspecified atom stereocenters. The van der Waals surface area contributed by atoms with Crippen LogP contribution in [0, 0.1) is 5.92 Å². The SMILES string of the molecule is CCOC(=O)C(C)CC(CCc1ccccc1)c1ccccc1. The van der Waals surface area contributed by atoms with Gasteiger partial charge in [-0.1, -0.05) is 67.6 Å². The second kappa shape index (κ2) is 9.14. The second-order valence-corrected chi connectivity index (χ2v) is 6.02. The minimum absolute atomic E-state index is 0.0732. The van der Waals surface area contributed by atoms with Crippen molar-refractivity contribution in [2.24, 2.45) is 5.92 Å². The molecular weight excluding hydrogens is 284 g/mol. The van der Waals surface area contributed by atoms with Crippen LogP contribution < -0.4 is 0 Å². The zero-order valence-electron chi connectivity index (χ0n) is 14.1. The van der Waals surface area contributed by atoms with Crippen LogP contribution in [0.25, 0.3) is 0 Å². The van der Waals surface area contributed by atoms with Crippen molar-refractivity contribution in [2.45, 2.75) is 39.0 Å². The van der Waals surface area contributed by atoms with Crippen molar-refractivity contribution in [2.75, 3.05) is 6.61 Å². The Kier molecular flexibility index (Phi) is 6.86. The molecule has 0 spiro atoms. The summed E-state index contributed by atoms with van der Waals surface area (Å²) in [6.45, 7) is 4.27. The highest BCUT2D eigenvalue weighted by atomic mass is 16.5. The summed E-state index contributed by atoms with van der Waals surface area (Å²) >= 11 is 0. The van der Waals surface area contributed by atoms with Crippen molar-refractivity contribution in [1.82, 2.24) is 0 Å². The summed E-state index contributed by atoms with van der Waals surface area (Å²) < 4.78 is 5.16. The zero-order valence-corrected chi connectivity index (χ0v) is 14.1. The largest absolute Gasteiger partial charge is 0.466 e. The second-order valence-electron chi connectivity index (χ2n) is 6.02. The molecule has 0 aliphatic rings. The molecule has 0 amide bonds. The molecule has 122 valence electrons. The lowest BCUT2D eigenvalue weighted by atomic mass is 9.85. The van der Waals surface area contributed by atoms with Gasteiger partial charge in [-0.15, -0.1) is 0 Å². The molecule has 0 aromatic heterocycles. The maximum absolute atomic E-state index is 12.0. The summed E-state index contributed by atoms with van der Waals surface area (Å²) in [7, 11) is 0. The van der Waals surface area contributed by atoms with E-state index in [1.165, 1.54) is 11.1 Å². The smallest absolute Gasteiger partial charge is 0.308 e. The van der Waals surface area contributed by atoms with Crippen LogP contribution in [0.5, 0.6) is 0 Å². The molecule has 23 heavy (non-hydrogen) atoms. The van der Waals surface area contributed by atoms with E-state index in [4.69, 9.17) is 4.74 Å². The van der Waals surface area contributed by atoms with Gasteiger partial charge in [-0.3, -0.25) is 4.79 Å². The Labute approximate surface area is 139 Å². The lowest BCUT2D eigenvalue weighted by Crippen LogP contribution is -2.18. The average Bonchev–Trinajstić information content (AvgIpc) is 2.60. The van der Waals surface area contributed by atoms with E-state index in [-0.39, 0.29) is 11.9 Å². The summed E-state index contributed by atoms with van der Waals surface area (Å²) in [5, 5.41) is 0. The topological polar surface area (TPSA) is 26.3 Å². The Balaban J connectivity index is 2.04. The molecule has 0 heterocycles. The monoisotopic (exact) mass is 310 g/mol. The van der Waals surface area contributed by atoms with Crippen LogP contribution in [0.3, 0.4) is 0 Å². The van der Waals surface area contributed by atoms with Crippen LogP contribution in [0.15, 0.2) is 60.7 Å². The highest BCUT2D eigenvalue weighted by molar-refractivity contribution is 5.72. The van der Waals surface area contributed by atoms with E-state index in [1.807, 2.05) is 26.0 Å². The van der Waals surface area contributed by atoms with Crippen LogP contribution in [-0.2, 0) is 16.0 Å². The fourth-order valence-corrected chi connectivity index (χ4v) is 2.94. The molecule has 2 heteroatoms. The summed E-state index contributed by atoms with van der Waals surface area (Å²) in [6.07, 6.45) is 2.89. The summed E-state index contributed by atoms with van der Waals surface area (Å²) in [6, 6.07) is 21.0. The number of aryl methyl sites for hydroxylation is 1. The lowest BCUT2D eigenvalue weighted by Gasteiger charge is -2.21. The fraction of sp³-hybridized carbons (Fsp3) is 0.381. The number of ether oxygens (including phenoxy) is 1. The van der Waals surface area contributed by atoms with Gasteiger partial charge in [0, 0.05) is 0 Å². The first-order valence-corrected chi connectivity index (χ1v) is 8.46. The molecule has 2 nitrogen and oxygen atoms in total. The Morgan fingerprint density at radius 2 is 1.61 bits per heavy atom. The normalized spacial score (nSPS) is 13.3. The van der Waals surface area contributed by atoms with Gasteiger partial charge in [0.1, 0.15) is 0 Å². The molecule has 2 rings (SSSR count). The first-order chi connectivity index (χ1) is 11.2. The van der Waals surface area contributed by atoms with Crippen LogP contribution in [0.1, 0.15) is 43.7 Å². The lowest BCUT2D eigenvalue weighted by molar-refractivity contribution is -0.147. The van der Waals surface area contributed by atoms with E-state index < -0.39 is 0 Å². The third kappa shape index (κ3) is 5.55. The van der Waals surface area contributed by atoms with Gasteiger partial charge in [0.05, 0.1) is 12.5 Å². The molecule has 0 aliphatic carbocycles. The maximum Gasteiger partial charge on any atom is 0.308 e. The predicted octanol–water partition coefficient (Wildman–Crippen LogP) is 4.99. The standard InChI is InChI=1S/C21H26O2/c1-3-23-21(22)17(2)16-20(19-12-8-5-9-13-19)15-14-18-10-6-4-7-11-18/h4-13,17,20H,3,14-16H2,1-2H3. The Morgan fingerprint density at radius 1 is 1.00 bits per heavy atom. The van der Waals surface area contributed by atoms with E-state index in [0.29, 0.717) is 12.5 Å². The van der Waals surface area contributed by atoms with Crippen molar-refractivity contribution < 1.29 is 9.53 Å².